The number of hydrogen-bond acceptors (Lipinski definition) is 4. The van der Waals surface area contributed by atoms with Crippen molar-refractivity contribution in [2.24, 2.45) is 4.99 Å². The molecule has 2 aliphatic rings. The van der Waals surface area contributed by atoms with Crippen LogP contribution in [0, 0.1) is 22.8 Å². The van der Waals surface area contributed by atoms with Crippen LogP contribution in [0.5, 0.6) is 5.75 Å². The van der Waals surface area contributed by atoms with Crippen molar-refractivity contribution in [3.05, 3.63) is 35.4 Å². The van der Waals surface area contributed by atoms with Crippen molar-refractivity contribution >= 4 is 11.7 Å². The maximum Gasteiger partial charge on any atom is 0.216 e. The predicted molar refractivity (Wildman–Crippen MR) is 86.2 cm³/mol. The maximum absolute atomic E-state index is 9.17. The minimum absolute atomic E-state index is 0.477. The summed E-state index contributed by atoms with van der Waals surface area (Å²) in [5.74, 6) is 1.35. The molecule has 2 heterocycles. The number of aliphatic imine (C=N–C) groups is 1. The Kier molecular flexibility index (Phi) is 3.46. The fourth-order valence-electron chi connectivity index (χ4n) is 2.91. The number of ether oxygens (including phenoxy) is 1. The van der Waals surface area contributed by atoms with E-state index >= 15 is 0 Å². The molecule has 0 amide bonds. The Morgan fingerprint density at radius 2 is 2.04 bits per heavy atom. The Morgan fingerprint density at radius 3 is 2.74 bits per heavy atom. The molecule has 0 N–H and O–H groups in total. The quantitative estimate of drug-likeness (QED) is 0.743. The van der Waals surface area contributed by atoms with E-state index in [0.717, 1.165) is 30.1 Å². The summed E-state index contributed by atoms with van der Waals surface area (Å²) in [6.45, 7) is 5.48. The molecule has 3 rings (SSSR count). The van der Waals surface area contributed by atoms with Crippen molar-refractivity contribution in [3.8, 4) is 18.0 Å². The zero-order valence-electron chi connectivity index (χ0n) is 13.4. The molecule has 6 nitrogen and oxygen atoms in total. The van der Waals surface area contributed by atoms with Gasteiger partial charge in [0.1, 0.15) is 11.4 Å². The third-order valence-corrected chi connectivity index (χ3v) is 3.92. The molecule has 1 fully saturated rings. The van der Waals surface area contributed by atoms with E-state index in [1.54, 1.807) is 6.07 Å². The van der Waals surface area contributed by atoms with Gasteiger partial charge in [0, 0.05) is 25.7 Å². The van der Waals surface area contributed by atoms with Gasteiger partial charge in [0.15, 0.2) is 0 Å². The molecule has 6 heteroatoms. The summed E-state index contributed by atoms with van der Waals surface area (Å²) < 4.78 is 6.00. The van der Waals surface area contributed by atoms with Gasteiger partial charge in [0.25, 0.3) is 0 Å². The first-order valence-electron chi connectivity index (χ1n) is 7.37. The SMILES string of the molecule is CN1CCN(C2=CC(C)(C)Oc3ccc(C#N)cc32)/C1=N/C#N. The molecule has 1 aromatic carbocycles. The molecular formula is C17H17N5O. The van der Waals surface area contributed by atoms with Crippen LogP contribution < -0.4 is 4.74 Å². The molecule has 23 heavy (non-hydrogen) atoms. The fourth-order valence-corrected chi connectivity index (χ4v) is 2.91. The first-order chi connectivity index (χ1) is 10.9. The molecule has 0 atom stereocenters. The van der Waals surface area contributed by atoms with Gasteiger partial charge in [0.05, 0.1) is 17.3 Å². The average molecular weight is 307 g/mol. The smallest absolute Gasteiger partial charge is 0.216 e. The maximum atomic E-state index is 9.17. The monoisotopic (exact) mass is 307 g/mol. The molecule has 0 radical (unpaired) electrons. The number of hydrogen-bond donors (Lipinski definition) is 0. The van der Waals surface area contributed by atoms with E-state index in [-0.39, 0.29) is 0 Å². The lowest BCUT2D eigenvalue weighted by Crippen LogP contribution is -2.36. The molecule has 0 saturated carbocycles. The summed E-state index contributed by atoms with van der Waals surface area (Å²) in [6, 6.07) is 7.55. The number of likely N-dealkylation sites (N-methyl/N-ethyl adjacent to an activating group) is 1. The van der Waals surface area contributed by atoms with E-state index in [2.05, 4.69) is 11.1 Å². The van der Waals surface area contributed by atoms with Crippen molar-refractivity contribution in [2.75, 3.05) is 20.1 Å². The molecule has 0 spiro atoms. The largest absolute Gasteiger partial charge is 0.483 e. The van der Waals surface area contributed by atoms with Crippen molar-refractivity contribution < 1.29 is 4.74 Å². The van der Waals surface area contributed by atoms with Gasteiger partial charge in [-0.15, -0.1) is 4.99 Å². The first kappa shape index (κ1) is 14.9. The van der Waals surface area contributed by atoms with E-state index in [4.69, 9.17) is 10.00 Å². The van der Waals surface area contributed by atoms with Crippen molar-refractivity contribution in [1.82, 2.24) is 9.80 Å². The second-order valence-electron chi connectivity index (χ2n) is 6.14. The Labute approximate surface area is 135 Å². The van der Waals surface area contributed by atoms with Crippen molar-refractivity contribution in [1.29, 1.82) is 10.5 Å². The molecule has 2 aliphatic heterocycles. The lowest BCUT2D eigenvalue weighted by Gasteiger charge is -2.34. The number of guanidine groups is 1. The predicted octanol–water partition coefficient (Wildman–Crippen LogP) is 2.15. The van der Waals surface area contributed by atoms with Crippen LogP contribution in [-0.2, 0) is 0 Å². The Hall–Kier alpha value is -2.99. The zero-order valence-corrected chi connectivity index (χ0v) is 13.4. The van der Waals surface area contributed by atoms with Gasteiger partial charge in [-0.05, 0) is 38.1 Å². The van der Waals surface area contributed by atoms with Crippen LogP contribution >= 0.6 is 0 Å². The summed E-state index contributed by atoms with van der Waals surface area (Å²) in [5, 5.41) is 18.1. The normalized spacial score (nSPS) is 20.4. The van der Waals surface area contributed by atoms with Gasteiger partial charge in [0.2, 0.25) is 12.2 Å². The lowest BCUT2D eigenvalue weighted by molar-refractivity contribution is 0.156. The van der Waals surface area contributed by atoms with E-state index in [1.165, 1.54) is 0 Å². The molecule has 1 saturated heterocycles. The molecule has 116 valence electrons. The summed E-state index contributed by atoms with van der Waals surface area (Å²) in [7, 11) is 1.91. The Bertz CT molecular complexity index is 794. The third-order valence-electron chi connectivity index (χ3n) is 3.92. The van der Waals surface area contributed by atoms with Crippen molar-refractivity contribution in [2.45, 2.75) is 19.4 Å². The summed E-state index contributed by atoms with van der Waals surface area (Å²) in [6.07, 6.45) is 3.89. The van der Waals surface area contributed by atoms with Crippen LogP contribution in [0.4, 0.5) is 0 Å². The fraction of sp³-hybridized carbons (Fsp3) is 0.353. The number of nitriles is 2. The van der Waals surface area contributed by atoms with E-state index in [1.807, 2.05) is 55.1 Å². The summed E-state index contributed by atoms with van der Waals surface area (Å²) in [5.41, 5.74) is 1.87. The van der Waals surface area contributed by atoms with E-state index in [0.29, 0.717) is 11.5 Å². The standard InChI is InChI=1S/C17H17N5O/c1-17(2)9-14(22-7-6-21(3)16(22)20-11-19)13-8-12(10-18)4-5-15(13)23-17/h4-5,8-9H,6-7H2,1-3H3/b20-16+. The second kappa shape index (κ2) is 5.33. The van der Waals surface area contributed by atoms with Crippen LogP contribution in [-0.4, -0.2) is 41.5 Å². The van der Waals surface area contributed by atoms with Crippen LogP contribution in [0.3, 0.4) is 0 Å². The van der Waals surface area contributed by atoms with Gasteiger partial charge < -0.3 is 14.5 Å². The number of nitrogens with zero attached hydrogens (tertiary/aromatic N) is 5. The first-order valence-corrected chi connectivity index (χ1v) is 7.37. The van der Waals surface area contributed by atoms with Crippen molar-refractivity contribution in [3.63, 3.8) is 0 Å². The zero-order chi connectivity index (χ0) is 16.6. The minimum atomic E-state index is -0.477. The van der Waals surface area contributed by atoms with Gasteiger partial charge in [-0.1, -0.05) is 0 Å². The number of benzene rings is 1. The third kappa shape index (κ3) is 2.60. The second-order valence-corrected chi connectivity index (χ2v) is 6.14. The number of rotatable bonds is 1. The lowest BCUT2D eigenvalue weighted by atomic mass is 9.97. The minimum Gasteiger partial charge on any atom is -0.483 e. The molecule has 0 bridgehead atoms. The topological polar surface area (TPSA) is 75.7 Å². The number of fused-ring (bicyclic) bond motifs is 1. The molecule has 0 unspecified atom stereocenters. The molecule has 0 aromatic heterocycles. The van der Waals surface area contributed by atoms with E-state index < -0.39 is 5.60 Å². The average Bonchev–Trinajstić information content (AvgIpc) is 2.87. The van der Waals surface area contributed by atoms with Gasteiger partial charge >= 0.3 is 0 Å². The van der Waals surface area contributed by atoms with Crippen LogP contribution in [0.15, 0.2) is 29.3 Å². The summed E-state index contributed by atoms with van der Waals surface area (Å²) in [4.78, 5) is 7.90. The van der Waals surface area contributed by atoms with Gasteiger partial charge in [-0.2, -0.15) is 10.5 Å². The van der Waals surface area contributed by atoms with Gasteiger partial charge in [-0.25, -0.2) is 0 Å². The van der Waals surface area contributed by atoms with Crippen LogP contribution in [0.1, 0.15) is 25.0 Å². The molecule has 1 aromatic rings. The Morgan fingerprint density at radius 1 is 1.26 bits per heavy atom. The highest BCUT2D eigenvalue weighted by molar-refractivity contribution is 5.93. The molecule has 0 aliphatic carbocycles. The van der Waals surface area contributed by atoms with Gasteiger partial charge in [-0.3, -0.25) is 0 Å². The van der Waals surface area contributed by atoms with Crippen LogP contribution in [0.2, 0.25) is 0 Å². The van der Waals surface area contributed by atoms with Crippen LogP contribution in [0.25, 0.3) is 5.70 Å². The molecular weight excluding hydrogens is 290 g/mol. The highest BCUT2D eigenvalue weighted by Gasteiger charge is 2.34. The van der Waals surface area contributed by atoms with E-state index in [9.17, 15) is 5.26 Å². The summed E-state index contributed by atoms with van der Waals surface area (Å²) >= 11 is 0. The Balaban J connectivity index is 2.15. The highest BCUT2D eigenvalue weighted by atomic mass is 16.5. The highest BCUT2D eigenvalue weighted by Crippen LogP contribution is 2.39.